The van der Waals surface area contributed by atoms with Crippen molar-refractivity contribution in [1.29, 1.82) is 0 Å². The third-order valence-corrected chi connectivity index (χ3v) is 6.24. The van der Waals surface area contributed by atoms with E-state index in [4.69, 9.17) is 9.15 Å². The number of amides is 1. The van der Waals surface area contributed by atoms with Crippen LogP contribution in [0.1, 0.15) is 35.9 Å². The number of furan rings is 1. The van der Waals surface area contributed by atoms with Gasteiger partial charge in [0.25, 0.3) is 5.91 Å². The van der Waals surface area contributed by atoms with Gasteiger partial charge in [0, 0.05) is 35.9 Å². The summed E-state index contributed by atoms with van der Waals surface area (Å²) in [5.41, 5.74) is 3.04. The van der Waals surface area contributed by atoms with Gasteiger partial charge >= 0.3 is 0 Å². The Bertz CT molecular complexity index is 1140. The van der Waals surface area contributed by atoms with Crippen LogP contribution in [0.2, 0.25) is 0 Å². The quantitative estimate of drug-likeness (QED) is 0.677. The van der Waals surface area contributed by atoms with Gasteiger partial charge in [-0.15, -0.1) is 0 Å². The Balaban J connectivity index is 2.00. The molecule has 4 rings (SSSR count). The summed E-state index contributed by atoms with van der Waals surface area (Å²) in [4.78, 5) is 12.8. The SMILES string of the molecule is CNC(=O)c1c(-c2ccc(F)cc2)oc2cc3c(cc12)C(C)OC(C)CN3S(C)=O. The summed E-state index contributed by atoms with van der Waals surface area (Å²) in [5, 5.41) is 3.28. The first-order valence-corrected chi connectivity index (χ1v) is 11.2. The molecule has 3 atom stereocenters. The molecule has 0 fully saturated rings. The molecule has 0 saturated heterocycles. The molecule has 2 aromatic carbocycles. The molecule has 3 aromatic rings. The van der Waals surface area contributed by atoms with E-state index >= 15 is 0 Å². The average Bonchev–Trinajstić information content (AvgIpc) is 3.03. The molecule has 6 nitrogen and oxygen atoms in total. The highest BCUT2D eigenvalue weighted by atomic mass is 32.2. The maximum absolute atomic E-state index is 13.4. The van der Waals surface area contributed by atoms with E-state index in [9.17, 15) is 13.4 Å². The van der Waals surface area contributed by atoms with Crippen molar-refractivity contribution < 1.29 is 22.5 Å². The summed E-state index contributed by atoms with van der Waals surface area (Å²) in [6, 6.07) is 9.48. The van der Waals surface area contributed by atoms with E-state index in [0.717, 1.165) is 11.3 Å². The molecule has 0 saturated carbocycles. The van der Waals surface area contributed by atoms with Crippen LogP contribution in [-0.4, -0.2) is 36.1 Å². The van der Waals surface area contributed by atoms with Gasteiger partial charge in [-0.1, -0.05) is 0 Å². The zero-order valence-corrected chi connectivity index (χ0v) is 18.0. The topological polar surface area (TPSA) is 71.8 Å². The van der Waals surface area contributed by atoms with Gasteiger partial charge in [-0.25, -0.2) is 8.60 Å². The van der Waals surface area contributed by atoms with E-state index in [-0.39, 0.29) is 23.9 Å². The third-order valence-electron chi connectivity index (χ3n) is 5.27. The van der Waals surface area contributed by atoms with Gasteiger partial charge in [0.05, 0.1) is 30.0 Å². The molecule has 0 aliphatic carbocycles. The van der Waals surface area contributed by atoms with Crippen LogP contribution in [0.15, 0.2) is 40.8 Å². The summed E-state index contributed by atoms with van der Waals surface area (Å²) in [5.74, 6) is -0.320. The van der Waals surface area contributed by atoms with Crippen molar-refractivity contribution in [3.63, 3.8) is 0 Å². The van der Waals surface area contributed by atoms with Gasteiger partial charge < -0.3 is 14.5 Å². The Labute approximate surface area is 176 Å². The number of rotatable bonds is 3. The molecule has 1 amide bonds. The van der Waals surface area contributed by atoms with E-state index < -0.39 is 11.0 Å². The zero-order valence-electron chi connectivity index (χ0n) is 17.2. The lowest BCUT2D eigenvalue weighted by atomic mass is 10.0. The molecule has 1 N–H and O–H groups in total. The molecule has 2 heterocycles. The van der Waals surface area contributed by atoms with Crippen LogP contribution < -0.4 is 9.62 Å². The molecule has 0 spiro atoms. The molecule has 3 unspecified atom stereocenters. The van der Waals surface area contributed by atoms with Crippen LogP contribution in [0.3, 0.4) is 0 Å². The monoisotopic (exact) mass is 430 g/mol. The lowest BCUT2D eigenvalue weighted by Gasteiger charge is -2.22. The van der Waals surface area contributed by atoms with Crippen molar-refractivity contribution in [2.45, 2.75) is 26.1 Å². The Morgan fingerprint density at radius 1 is 1.23 bits per heavy atom. The number of benzene rings is 2. The van der Waals surface area contributed by atoms with Crippen molar-refractivity contribution in [2.75, 3.05) is 24.2 Å². The minimum atomic E-state index is -1.26. The summed E-state index contributed by atoms with van der Waals surface area (Å²) in [7, 11) is 0.290. The highest BCUT2D eigenvalue weighted by Gasteiger charge is 2.30. The molecular formula is C22H23FN2O4S. The fourth-order valence-electron chi connectivity index (χ4n) is 3.89. The maximum atomic E-state index is 13.4. The average molecular weight is 431 g/mol. The first-order valence-electron chi connectivity index (χ1n) is 9.65. The second-order valence-corrected chi connectivity index (χ2v) is 8.66. The molecule has 0 radical (unpaired) electrons. The van der Waals surface area contributed by atoms with Crippen LogP contribution in [0.4, 0.5) is 10.1 Å². The van der Waals surface area contributed by atoms with Crippen molar-refractivity contribution in [1.82, 2.24) is 5.32 Å². The normalized spacial score (nSPS) is 20.0. The minimum Gasteiger partial charge on any atom is -0.455 e. The predicted octanol–water partition coefficient (Wildman–Crippen LogP) is 4.18. The Morgan fingerprint density at radius 2 is 1.93 bits per heavy atom. The van der Waals surface area contributed by atoms with E-state index in [1.165, 1.54) is 12.1 Å². The van der Waals surface area contributed by atoms with Crippen LogP contribution in [0.25, 0.3) is 22.3 Å². The number of nitrogens with zero attached hydrogens (tertiary/aromatic N) is 1. The summed E-state index contributed by atoms with van der Waals surface area (Å²) in [6.07, 6.45) is 1.25. The minimum absolute atomic E-state index is 0.115. The number of hydrogen-bond donors (Lipinski definition) is 1. The molecule has 1 aromatic heterocycles. The van der Waals surface area contributed by atoms with Crippen molar-refractivity contribution in [3.8, 4) is 11.3 Å². The Morgan fingerprint density at radius 3 is 2.57 bits per heavy atom. The summed E-state index contributed by atoms with van der Waals surface area (Å²) in [6.45, 7) is 4.35. The van der Waals surface area contributed by atoms with Crippen LogP contribution in [0.5, 0.6) is 0 Å². The maximum Gasteiger partial charge on any atom is 0.255 e. The number of fused-ring (bicyclic) bond motifs is 2. The molecule has 30 heavy (non-hydrogen) atoms. The lowest BCUT2D eigenvalue weighted by molar-refractivity contribution is 0.0175. The number of halogens is 1. The van der Waals surface area contributed by atoms with Crippen LogP contribution in [0, 0.1) is 5.82 Å². The smallest absolute Gasteiger partial charge is 0.255 e. The first kappa shape index (κ1) is 20.6. The molecule has 1 aliphatic heterocycles. The summed E-state index contributed by atoms with van der Waals surface area (Å²) < 4.78 is 39.8. The van der Waals surface area contributed by atoms with Gasteiger partial charge in [0.1, 0.15) is 28.1 Å². The van der Waals surface area contributed by atoms with Gasteiger partial charge in [-0.05, 0) is 44.2 Å². The number of carbonyl (C=O) groups excluding carboxylic acids is 1. The van der Waals surface area contributed by atoms with Crippen LogP contribution >= 0.6 is 0 Å². The van der Waals surface area contributed by atoms with Crippen molar-refractivity contribution in [2.24, 2.45) is 0 Å². The standard InChI is InChI=1S/C22H23FN2O4S/c1-12-11-25(30(4)27)18-10-19-17(9-16(18)13(2)28-12)20(22(26)24-3)21(29-19)14-5-7-15(23)8-6-14/h5-10,12-13H,11H2,1-4H3,(H,24,26). The number of hydrogen-bond acceptors (Lipinski definition) is 4. The predicted molar refractivity (Wildman–Crippen MR) is 115 cm³/mol. The first-order chi connectivity index (χ1) is 14.3. The molecule has 0 bridgehead atoms. The van der Waals surface area contributed by atoms with Gasteiger partial charge in [-0.3, -0.25) is 9.10 Å². The highest BCUT2D eigenvalue weighted by Crippen LogP contribution is 2.41. The number of anilines is 1. The van der Waals surface area contributed by atoms with Gasteiger partial charge in [0.2, 0.25) is 0 Å². The fraction of sp³-hybridized carbons (Fsp3) is 0.318. The van der Waals surface area contributed by atoms with E-state index in [2.05, 4.69) is 5.32 Å². The third kappa shape index (κ3) is 3.50. The molecule has 8 heteroatoms. The van der Waals surface area contributed by atoms with Crippen molar-refractivity contribution in [3.05, 3.63) is 53.3 Å². The molecular weight excluding hydrogens is 407 g/mol. The van der Waals surface area contributed by atoms with Gasteiger partial charge in [-0.2, -0.15) is 0 Å². The highest BCUT2D eigenvalue weighted by molar-refractivity contribution is 7.85. The number of nitrogens with one attached hydrogen (secondary N) is 1. The largest absolute Gasteiger partial charge is 0.455 e. The van der Waals surface area contributed by atoms with E-state index in [1.54, 1.807) is 29.7 Å². The Kier molecular flexibility index (Phi) is 5.38. The van der Waals surface area contributed by atoms with E-state index in [1.807, 2.05) is 26.0 Å². The number of carbonyl (C=O) groups is 1. The second kappa shape index (κ2) is 7.85. The van der Waals surface area contributed by atoms with Crippen LogP contribution in [-0.2, 0) is 15.7 Å². The lowest BCUT2D eigenvalue weighted by Crippen LogP contribution is -2.31. The van der Waals surface area contributed by atoms with Gasteiger partial charge in [0.15, 0.2) is 0 Å². The second-order valence-electron chi connectivity index (χ2n) is 7.37. The molecule has 158 valence electrons. The zero-order chi connectivity index (χ0) is 21.6. The van der Waals surface area contributed by atoms with Crippen molar-refractivity contribution >= 4 is 33.5 Å². The summed E-state index contributed by atoms with van der Waals surface area (Å²) >= 11 is 0. The van der Waals surface area contributed by atoms with E-state index in [0.29, 0.717) is 34.4 Å². The Hall–Kier alpha value is -2.71. The molecule has 1 aliphatic rings. The fourth-order valence-corrected chi connectivity index (χ4v) is 4.74. The number of ether oxygens (including phenoxy) is 1.